The minimum Gasteiger partial charge on any atom is -0.282 e. The predicted molar refractivity (Wildman–Crippen MR) is 96.9 cm³/mol. The quantitative estimate of drug-likeness (QED) is 0.227. The van der Waals surface area contributed by atoms with E-state index in [2.05, 4.69) is 37.0 Å². The van der Waals surface area contributed by atoms with E-state index in [1.54, 1.807) is 0 Å². The summed E-state index contributed by atoms with van der Waals surface area (Å²) in [6.07, 6.45) is -8.44. The largest absolute Gasteiger partial charge is 0.456 e. The Bertz CT molecular complexity index is 947. The van der Waals surface area contributed by atoms with Crippen molar-refractivity contribution >= 4 is 60.8 Å². The van der Waals surface area contributed by atoms with Gasteiger partial charge in [0.1, 0.15) is 11.4 Å². The second-order valence-corrected chi connectivity index (χ2v) is 10.7. The maximum atomic E-state index is 12.9. The highest BCUT2D eigenvalue weighted by molar-refractivity contribution is 9.25. The van der Waals surface area contributed by atoms with Gasteiger partial charge in [0.25, 0.3) is 5.78 Å². The first-order chi connectivity index (χ1) is 12.6. The van der Waals surface area contributed by atoms with Gasteiger partial charge in [0.05, 0.1) is 18.8 Å². The number of carbonyl (C=O) groups is 1. The Balaban J connectivity index is 2.15. The van der Waals surface area contributed by atoms with Gasteiger partial charge in [0, 0.05) is 17.7 Å². The third-order valence-corrected chi connectivity index (χ3v) is 6.32. The van der Waals surface area contributed by atoms with Gasteiger partial charge in [-0.25, -0.2) is 4.68 Å². The van der Waals surface area contributed by atoms with Crippen molar-refractivity contribution in [2.75, 3.05) is 0 Å². The van der Waals surface area contributed by atoms with Gasteiger partial charge in [-0.2, -0.15) is 31.4 Å². The zero-order chi connectivity index (χ0) is 21.2. The van der Waals surface area contributed by atoms with Crippen LogP contribution >= 0.6 is 55.1 Å². The van der Waals surface area contributed by atoms with Crippen LogP contribution in [0.1, 0.15) is 34.0 Å². The van der Waals surface area contributed by atoms with Gasteiger partial charge in [-0.15, -0.1) is 0 Å². The van der Waals surface area contributed by atoms with E-state index in [0.717, 1.165) is 10.9 Å². The van der Waals surface area contributed by atoms with Gasteiger partial charge in [-0.3, -0.25) is 4.79 Å². The minimum atomic E-state index is -5.18. The molecule has 13 heteroatoms. The normalized spacial score (nSPS) is 19.0. The van der Waals surface area contributed by atoms with Crippen molar-refractivity contribution in [1.29, 1.82) is 0 Å². The van der Waals surface area contributed by atoms with Crippen molar-refractivity contribution in [1.82, 2.24) is 9.78 Å². The maximum absolute atomic E-state index is 12.9. The molecule has 1 saturated carbocycles. The molecule has 1 aliphatic rings. The van der Waals surface area contributed by atoms with Gasteiger partial charge >= 0.3 is 12.4 Å². The molecule has 1 fully saturated rings. The number of rotatable bonds is 3. The fourth-order valence-corrected chi connectivity index (χ4v) is 4.37. The molecule has 1 aromatic heterocycles. The molecule has 0 bridgehead atoms. The molecule has 152 valence electrons. The van der Waals surface area contributed by atoms with Gasteiger partial charge in [0.15, 0.2) is 0 Å². The lowest BCUT2D eigenvalue weighted by Gasteiger charge is -2.12. The lowest BCUT2D eigenvalue weighted by Crippen LogP contribution is -2.24. The van der Waals surface area contributed by atoms with Crippen LogP contribution in [0.4, 0.5) is 26.3 Å². The van der Waals surface area contributed by atoms with E-state index in [1.807, 2.05) is 0 Å². The number of benzene rings is 1. The summed E-state index contributed by atoms with van der Waals surface area (Å²) in [4.78, 5) is 11.8. The Morgan fingerprint density at radius 1 is 1.14 bits per heavy atom. The van der Waals surface area contributed by atoms with Crippen molar-refractivity contribution in [3.05, 3.63) is 45.2 Å². The average molecular weight is 575 g/mol. The van der Waals surface area contributed by atoms with Crippen LogP contribution in [0.2, 0.25) is 10.0 Å². The Morgan fingerprint density at radius 2 is 1.64 bits per heavy atom. The molecule has 0 radical (unpaired) electrons. The Kier molecular flexibility index (Phi) is 5.39. The predicted octanol–water partition coefficient (Wildman–Crippen LogP) is 6.92. The van der Waals surface area contributed by atoms with E-state index in [0.29, 0.717) is 18.6 Å². The Labute approximate surface area is 180 Å². The first-order valence-electron chi connectivity index (χ1n) is 7.28. The monoisotopic (exact) mass is 572 g/mol. The molecular weight excluding hydrogens is 569 g/mol. The number of alkyl halides is 8. The van der Waals surface area contributed by atoms with E-state index in [1.165, 1.54) is 0 Å². The van der Waals surface area contributed by atoms with E-state index in [9.17, 15) is 31.1 Å². The van der Waals surface area contributed by atoms with Crippen molar-refractivity contribution in [2.45, 2.75) is 27.9 Å². The first kappa shape index (κ1) is 21.9. The van der Waals surface area contributed by atoms with E-state index in [4.69, 9.17) is 23.2 Å². The number of carbonyl (C=O) groups excluding carboxylic acids is 1. The fraction of sp³-hybridized carbons (Fsp3) is 0.333. The Hall–Kier alpha value is -0.780. The van der Waals surface area contributed by atoms with Gasteiger partial charge in [-0.1, -0.05) is 55.1 Å². The molecule has 28 heavy (non-hydrogen) atoms. The summed E-state index contributed by atoms with van der Waals surface area (Å²) in [7, 11) is 0. The van der Waals surface area contributed by atoms with Gasteiger partial charge in [-0.05, 0) is 18.6 Å². The number of halogens is 10. The highest BCUT2D eigenvalue weighted by Gasteiger charge is 2.55. The summed E-state index contributed by atoms with van der Waals surface area (Å²) in [5.41, 5.74) is -2.31. The molecule has 1 atom stereocenters. The zero-order valence-corrected chi connectivity index (χ0v) is 17.8. The molecule has 0 saturated heterocycles. The molecule has 3 rings (SSSR count). The van der Waals surface area contributed by atoms with Gasteiger partial charge in [0.2, 0.25) is 0 Å². The molecule has 1 aromatic carbocycles. The molecule has 0 spiro atoms. The molecule has 2 aromatic rings. The average Bonchev–Trinajstić information content (AvgIpc) is 2.96. The van der Waals surface area contributed by atoms with Crippen LogP contribution in [-0.4, -0.2) is 25.0 Å². The van der Waals surface area contributed by atoms with E-state index in [-0.39, 0.29) is 11.3 Å². The number of hydrogen-bond donors (Lipinski definition) is 0. The number of ketones is 1. The van der Waals surface area contributed by atoms with Gasteiger partial charge < -0.3 is 0 Å². The summed E-state index contributed by atoms with van der Waals surface area (Å²) in [6.45, 7) is 0. The van der Waals surface area contributed by atoms with E-state index < -0.39 is 48.6 Å². The number of Topliss-reactive ketones (excluding diaryl/α,β-unsaturated/α-hetero) is 1. The molecule has 1 aliphatic carbocycles. The van der Waals surface area contributed by atoms with Crippen LogP contribution in [0, 0.1) is 0 Å². The molecular formula is C15H6Br2Cl2F6N2O. The van der Waals surface area contributed by atoms with Crippen LogP contribution in [0.5, 0.6) is 0 Å². The van der Waals surface area contributed by atoms with E-state index >= 15 is 0 Å². The highest BCUT2D eigenvalue weighted by Crippen LogP contribution is 2.63. The molecule has 3 nitrogen and oxygen atoms in total. The summed E-state index contributed by atoms with van der Waals surface area (Å²) in [5.74, 6) is -2.70. The zero-order valence-electron chi connectivity index (χ0n) is 13.1. The van der Waals surface area contributed by atoms with Crippen LogP contribution < -0.4 is 0 Å². The van der Waals surface area contributed by atoms with Crippen molar-refractivity contribution in [2.24, 2.45) is 0 Å². The third kappa shape index (κ3) is 4.08. The second kappa shape index (κ2) is 6.88. The summed E-state index contributed by atoms with van der Waals surface area (Å²) < 4.78 is 77.5. The Morgan fingerprint density at radius 3 is 2.04 bits per heavy atom. The highest BCUT2D eigenvalue weighted by atomic mass is 79.9. The molecule has 1 heterocycles. The molecule has 1 unspecified atom stereocenters. The SMILES string of the molecule is O=C(c1nn(-c2c(Cl)cc(C(F)(F)F)cc2Cl)cc1C1CC1(Br)Br)C(F)(F)F. The summed E-state index contributed by atoms with van der Waals surface area (Å²) in [5, 5.41) is 2.67. The van der Waals surface area contributed by atoms with Crippen LogP contribution in [0.3, 0.4) is 0 Å². The smallest absolute Gasteiger partial charge is 0.282 e. The van der Waals surface area contributed by atoms with Crippen LogP contribution in [-0.2, 0) is 6.18 Å². The second-order valence-electron chi connectivity index (χ2n) is 6.01. The number of nitrogens with zero attached hydrogens (tertiary/aromatic N) is 2. The maximum Gasteiger partial charge on any atom is 0.456 e. The lowest BCUT2D eigenvalue weighted by molar-refractivity contribution is -0.137. The number of hydrogen-bond acceptors (Lipinski definition) is 2. The third-order valence-electron chi connectivity index (χ3n) is 3.99. The van der Waals surface area contributed by atoms with Crippen molar-refractivity contribution < 1.29 is 31.1 Å². The first-order valence-corrected chi connectivity index (χ1v) is 9.62. The van der Waals surface area contributed by atoms with Crippen molar-refractivity contribution in [3.63, 3.8) is 0 Å². The van der Waals surface area contributed by atoms with Crippen molar-refractivity contribution in [3.8, 4) is 5.69 Å². The topological polar surface area (TPSA) is 34.9 Å². The lowest BCUT2D eigenvalue weighted by atomic mass is 10.1. The molecule has 0 amide bonds. The minimum absolute atomic E-state index is 0.0388. The molecule has 0 N–H and O–H groups in total. The van der Waals surface area contributed by atoms with Crippen LogP contribution in [0.15, 0.2) is 18.3 Å². The molecule has 0 aliphatic heterocycles. The summed E-state index contributed by atoms with van der Waals surface area (Å²) >= 11 is 18.3. The summed E-state index contributed by atoms with van der Waals surface area (Å²) in [6, 6.07) is 1.15. The van der Waals surface area contributed by atoms with Crippen LogP contribution in [0.25, 0.3) is 5.69 Å². The fourth-order valence-electron chi connectivity index (χ4n) is 2.57. The standard InChI is InChI=1S/C15H6Br2Cl2F6N2O/c16-13(17)3-7(13)6-4-27(26-10(6)12(28)15(23,24)25)11-8(18)1-5(2-9(11)19)14(20,21)22/h1-2,4,7H,3H2. The number of aromatic nitrogens is 2.